The van der Waals surface area contributed by atoms with Gasteiger partial charge in [0, 0.05) is 13.2 Å². The van der Waals surface area contributed by atoms with Crippen LogP contribution in [0.4, 0.5) is 4.39 Å². The summed E-state index contributed by atoms with van der Waals surface area (Å²) in [6, 6.07) is 6.38. The van der Waals surface area contributed by atoms with Gasteiger partial charge in [-0.2, -0.15) is 0 Å². The van der Waals surface area contributed by atoms with E-state index in [4.69, 9.17) is 4.74 Å². The molecule has 2 aliphatic rings. The van der Waals surface area contributed by atoms with Gasteiger partial charge in [0.2, 0.25) is 5.91 Å². The van der Waals surface area contributed by atoms with Crippen molar-refractivity contribution >= 4 is 5.91 Å². The van der Waals surface area contributed by atoms with Crippen LogP contribution >= 0.6 is 0 Å². The van der Waals surface area contributed by atoms with Crippen molar-refractivity contribution in [1.29, 1.82) is 0 Å². The van der Waals surface area contributed by atoms with Gasteiger partial charge in [-0.3, -0.25) is 4.79 Å². The predicted octanol–water partition coefficient (Wildman–Crippen LogP) is 2.79. The zero-order valence-corrected chi connectivity index (χ0v) is 12.2. The first kappa shape index (κ1) is 14.5. The third-order valence-electron chi connectivity index (χ3n) is 4.84. The first-order valence-corrected chi connectivity index (χ1v) is 7.83. The van der Waals surface area contributed by atoms with E-state index >= 15 is 0 Å². The highest BCUT2D eigenvalue weighted by molar-refractivity contribution is 5.89. The van der Waals surface area contributed by atoms with Crippen molar-refractivity contribution < 1.29 is 13.9 Å². The highest BCUT2D eigenvalue weighted by atomic mass is 19.1. The lowest BCUT2D eigenvalue weighted by molar-refractivity contribution is -0.130. The Morgan fingerprint density at radius 2 is 2.05 bits per heavy atom. The van der Waals surface area contributed by atoms with Crippen LogP contribution < -0.4 is 5.32 Å². The predicted molar refractivity (Wildman–Crippen MR) is 78.5 cm³/mol. The summed E-state index contributed by atoms with van der Waals surface area (Å²) in [4.78, 5) is 12.6. The van der Waals surface area contributed by atoms with Crippen molar-refractivity contribution in [3.63, 3.8) is 0 Å². The van der Waals surface area contributed by atoms with Gasteiger partial charge in [0.05, 0.1) is 12.0 Å². The number of nitrogens with one attached hydrogen (secondary N) is 1. The number of halogens is 1. The molecule has 1 atom stereocenters. The molecule has 1 aliphatic carbocycles. The Bertz CT molecular complexity index is 490. The van der Waals surface area contributed by atoms with Crippen LogP contribution in [0.15, 0.2) is 24.3 Å². The standard InChI is InChI=1S/C17H22FNO2/c18-15-6-4-14(5-7-15)17(8-2-9-17)16(20)19-11-13-3-1-10-21-12-13/h4-7,13H,1-3,8-12H2,(H,19,20)/t13-/m0/s1. The lowest BCUT2D eigenvalue weighted by Gasteiger charge is -2.41. The van der Waals surface area contributed by atoms with E-state index in [1.165, 1.54) is 12.1 Å². The lowest BCUT2D eigenvalue weighted by Crippen LogP contribution is -2.50. The minimum absolute atomic E-state index is 0.0888. The molecule has 2 fully saturated rings. The minimum Gasteiger partial charge on any atom is -0.381 e. The number of ether oxygens (including phenoxy) is 1. The molecule has 1 saturated carbocycles. The molecule has 1 aromatic rings. The number of amides is 1. The van der Waals surface area contributed by atoms with Gasteiger partial charge >= 0.3 is 0 Å². The molecule has 114 valence electrons. The van der Waals surface area contributed by atoms with Crippen LogP contribution in [0.25, 0.3) is 0 Å². The quantitative estimate of drug-likeness (QED) is 0.926. The molecule has 0 spiro atoms. The number of benzene rings is 1. The molecule has 21 heavy (non-hydrogen) atoms. The van der Waals surface area contributed by atoms with Gasteiger partial charge < -0.3 is 10.1 Å². The zero-order valence-electron chi connectivity index (χ0n) is 12.2. The summed E-state index contributed by atoms with van der Waals surface area (Å²) in [5.41, 5.74) is 0.496. The molecule has 0 radical (unpaired) electrons. The van der Waals surface area contributed by atoms with Gasteiger partial charge in [-0.15, -0.1) is 0 Å². The summed E-state index contributed by atoms with van der Waals surface area (Å²) in [7, 11) is 0. The number of hydrogen-bond acceptors (Lipinski definition) is 2. The van der Waals surface area contributed by atoms with E-state index in [1.54, 1.807) is 12.1 Å². The second-order valence-electron chi connectivity index (χ2n) is 6.24. The maximum atomic E-state index is 13.1. The second kappa shape index (κ2) is 6.14. The van der Waals surface area contributed by atoms with Gasteiger partial charge in [0.1, 0.15) is 5.82 Å². The van der Waals surface area contributed by atoms with Gasteiger partial charge in [-0.25, -0.2) is 4.39 Å². The Morgan fingerprint density at radius 3 is 2.62 bits per heavy atom. The fraction of sp³-hybridized carbons (Fsp3) is 0.588. The average molecular weight is 291 g/mol. The second-order valence-corrected chi connectivity index (χ2v) is 6.24. The topological polar surface area (TPSA) is 38.3 Å². The number of carbonyl (C=O) groups excluding carboxylic acids is 1. The van der Waals surface area contributed by atoms with Crippen molar-refractivity contribution in [3.05, 3.63) is 35.6 Å². The van der Waals surface area contributed by atoms with Crippen LogP contribution in [0, 0.1) is 11.7 Å². The van der Waals surface area contributed by atoms with Gasteiger partial charge in [0.25, 0.3) is 0 Å². The molecule has 1 aliphatic heterocycles. The third-order valence-corrected chi connectivity index (χ3v) is 4.84. The number of hydrogen-bond donors (Lipinski definition) is 1. The molecule has 1 amide bonds. The summed E-state index contributed by atoms with van der Waals surface area (Å²) in [5, 5.41) is 3.10. The normalized spacial score (nSPS) is 24.1. The van der Waals surface area contributed by atoms with Crippen LogP contribution in [-0.4, -0.2) is 25.7 Å². The van der Waals surface area contributed by atoms with Crippen molar-refractivity contribution in [1.82, 2.24) is 5.32 Å². The summed E-state index contributed by atoms with van der Waals surface area (Å²) in [6.07, 6.45) is 4.95. The van der Waals surface area contributed by atoms with Crippen LogP contribution in [0.5, 0.6) is 0 Å². The van der Waals surface area contributed by atoms with Crippen LogP contribution in [0.2, 0.25) is 0 Å². The molecule has 1 saturated heterocycles. The van der Waals surface area contributed by atoms with E-state index in [2.05, 4.69) is 5.32 Å². The first-order valence-electron chi connectivity index (χ1n) is 7.83. The molecule has 1 aromatic carbocycles. The third kappa shape index (κ3) is 2.95. The molecule has 0 unspecified atom stereocenters. The summed E-state index contributed by atoms with van der Waals surface area (Å²) < 4.78 is 18.5. The largest absolute Gasteiger partial charge is 0.381 e. The fourth-order valence-corrected chi connectivity index (χ4v) is 3.32. The van der Waals surface area contributed by atoms with Gasteiger partial charge in [0.15, 0.2) is 0 Å². The van der Waals surface area contributed by atoms with E-state index in [9.17, 15) is 9.18 Å². The molecule has 0 aromatic heterocycles. The van der Waals surface area contributed by atoms with E-state index in [0.717, 1.165) is 50.9 Å². The van der Waals surface area contributed by atoms with Crippen molar-refractivity contribution in [2.75, 3.05) is 19.8 Å². The van der Waals surface area contributed by atoms with Gasteiger partial charge in [-0.1, -0.05) is 18.6 Å². The van der Waals surface area contributed by atoms with Crippen molar-refractivity contribution in [2.45, 2.75) is 37.5 Å². The Hall–Kier alpha value is -1.42. The summed E-state index contributed by atoms with van der Waals surface area (Å²) in [5.74, 6) is 0.256. The molecule has 3 nitrogen and oxygen atoms in total. The Morgan fingerprint density at radius 1 is 1.29 bits per heavy atom. The SMILES string of the molecule is O=C(NC[C@@H]1CCCOC1)C1(c2ccc(F)cc2)CCC1. The number of rotatable bonds is 4. The van der Waals surface area contributed by atoms with Crippen molar-refractivity contribution in [2.24, 2.45) is 5.92 Å². The highest BCUT2D eigenvalue weighted by Crippen LogP contribution is 2.44. The van der Waals surface area contributed by atoms with E-state index < -0.39 is 5.41 Å². The molecular weight excluding hydrogens is 269 g/mol. The lowest BCUT2D eigenvalue weighted by atomic mass is 9.63. The molecular formula is C17H22FNO2. The Labute approximate surface area is 124 Å². The molecule has 1 heterocycles. The van der Waals surface area contributed by atoms with E-state index in [1.807, 2.05) is 0 Å². The molecule has 1 N–H and O–H groups in total. The molecule has 3 rings (SSSR count). The zero-order chi connectivity index (χ0) is 14.7. The molecule has 0 bridgehead atoms. The monoisotopic (exact) mass is 291 g/mol. The maximum Gasteiger partial charge on any atom is 0.230 e. The Kier molecular flexibility index (Phi) is 4.24. The summed E-state index contributed by atoms with van der Waals surface area (Å²) in [6.45, 7) is 2.26. The summed E-state index contributed by atoms with van der Waals surface area (Å²) >= 11 is 0. The van der Waals surface area contributed by atoms with E-state index in [-0.39, 0.29) is 11.7 Å². The molecule has 4 heteroatoms. The van der Waals surface area contributed by atoms with Gasteiger partial charge in [-0.05, 0) is 49.3 Å². The van der Waals surface area contributed by atoms with Crippen molar-refractivity contribution in [3.8, 4) is 0 Å². The Balaban J connectivity index is 1.64. The smallest absolute Gasteiger partial charge is 0.230 e. The minimum atomic E-state index is -0.441. The highest BCUT2D eigenvalue weighted by Gasteiger charge is 2.45. The van der Waals surface area contributed by atoms with Crippen LogP contribution in [-0.2, 0) is 14.9 Å². The van der Waals surface area contributed by atoms with E-state index in [0.29, 0.717) is 12.5 Å². The van der Waals surface area contributed by atoms with Crippen LogP contribution in [0.1, 0.15) is 37.7 Å². The van der Waals surface area contributed by atoms with Crippen LogP contribution in [0.3, 0.4) is 0 Å². The average Bonchev–Trinajstić information content (AvgIpc) is 2.47. The first-order chi connectivity index (χ1) is 10.2. The fourth-order valence-electron chi connectivity index (χ4n) is 3.32. The number of carbonyl (C=O) groups is 1. The maximum absolute atomic E-state index is 13.1.